The van der Waals surface area contributed by atoms with E-state index in [4.69, 9.17) is 0 Å². The summed E-state index contributed by atoms with van der Waals surface area (Å²) in [5.41, 5.74) is 0. The zero-order chi connectivity index (χ0) is 13.1. The van der Waals surface area contributed by atoms with Crippen LogP contribution in [0.5, 0.6) is 0 Å². The zero-order valence-electron chi connectivity index (χ0n) is 11.3. The first-order valence-electron chi connectivity index (χ1n) is 5.80. The van der Waals surface area contributed by atoms with Crippen molar-refractivity contribution < 1.29 is 9.53 Å². The van der Waals surface area contributed by atoms with Crippen molar-refractivity contribution in [2.45, 2.75) is 36.2 Å². The number of unbranched alkanes of at least 4 members (excludes halogenated alkanes) is 1. The van der Waals surface area contributed by atoms with E-state index in [1.54, 1.807) is 0 Å². The van der Waals surface area contributed by atoms with E-state index in [0.29, 0.717) is 10.5 Å². The number of esters is 1. The molecule has 0 aromatic heterocycles. The minimum absolute atomic E-state index is 0.0898. The summed E-state index contributed by atoms with van der Waals surface area (Å²) >= 11 is 5.82. The van der Waals surface area contributed by atoms with Crippen molar-refractivity contribution in [3.8, 4) is 0 Å². The van der Waals surface area contributed by atoms with Gasteiger partial charge in [0.1, 0.15) is 0 Å². The van der Waals surface area contributed by atoms with Gasteiger partial charge in [0.05, 0.1) is 11.2 Å². The monoisotopic (exact) mass is 296 g/mol. The molecule has 0 aromatic rings. The van der Waals surface area contributed by atoms with Crippen LogP contribution in [0.1, 0.15) is 32.1 Å². The van der Waals surface area contributed by atoms with Gasteiger partial charge in [-0.25, -0.2) is 0 Å². The van der Waals surface area contributed by atoms with E-state index in [0.717, 1.165) is 12.8 Å². The van der Waals surface area contributed by atoms with Gasteiger partial charge in [-0.1, -0.05) is 6.42 Å². The lowest BCUT2D eigenvalue weighted by atomic mass is 10.1. The molecule has 0 fully saturated rings. The van der Waals surface area contributed by atoms with Gasteiger partial charge in [0.25, 0.3) is 0 Å². The Morgan fingerprint density at radius 3 is 2.24 bits per heavy atom. The normalized spacial score (nSPS) is 11.5. The third kappa shape index (κ3) is 7.52. The predicted octanol–water partition coefficient (Wildman–Crippen LogP) is 3.90. The van der Waals surface area contributed by atoms with Crippen LogP contribution in [0, 0.1) is 0 Å². The molecule has 0 unspecified atom stereocenters. The molecule has 0 saturated carbocycles. The largest absolute Gasteiger partial charge is 0.469 e. The van der Waals surface area contributed by atoms with Crippen LogP contribution >= 0.6 is 35.3 Å². The van der Waals surface area contributed by atoms with Gasteiger partial charge in [-0.2, -0.15) is 11.8 Å². The molecule has 102 valence electrons. The first-order chi connectivity index (χ1) is 8.14. The van der Waals surface area contributed by atoms with Crippen molar-refractivity contribution in [2.24, 2.45) is 0 Å². The van der Waals surface area contributed by atoms with E-state index in [-0.39, 0.29) is 5.97 Å². The van der Waals surface area contributed by atoms with Gasteiger partial charge < -0.3 is 4.74 Å². The van der Waals surface area contributed by atoms with E-state index < -0.39 is 0 Å². The maximum absolute atomic E-state index is 11.0. The smallest absolute Gasteiger partial charge is 0.305 e. The van der Waals surface area contributed by atoms with Crippen LogP contribution < -0.4 is 0 Å². The molecular formula is C12H24O2S3. The molecule has 0 aliphatic rings. The summed E-state index contributed by atoms with van der Waals surface area (Å²) in [4.78, 5) is 11.0. The topological polar surface area (TPSA) is 26.3 Å². The number of ether oxygens (including phenoxy) is 1. The maximum Gasteiger partial charge on any atom is 0.305 e. The van der Waals surface area contributed by atoms with Gasteiger partial charge in [0.2, 0.25) is 0 Å². The summed E-state index contributed by atoms with van der Waals surface area (Å²) in [6.07, 6.45) is 11.5. The lowest BCUT2D eigenvalue weighted by Crippen LogP contribution is -2.20. The molecule has 0 aliphatic carbocycles. The third-order valence-electron chi connectivity index (χ3n) is 2.85. The molecule has 0 radical (unpaired) electrons. The highest BCUT2D eigenvalue weighted by Crippen LogP contribution is 2.42. The molecule has 0 aliphatic heterocycles. The van der Waals surface area contributed by atoms with Gasteiger partial charge in [-0.05, 0) is 43.8 Å². The predicted molar refractivity (Wildman–Crippen MR) is 83.2 cm³/mol. The first-order valence-corrected chi connectivity index (χ1v) is 9.64. The highest BCUT2D eigenvalue weighted by molar-refractivity contribution is 8.17. The lowest BCUT2D eigenvalue weighted by molar-refractivity contribution is -0.140. The third-order valence-corrected chi connectivity index (χ3v) is 6.76. The van der Waals surface area contributed by atoms with E-state index in [2.05, 4.69) is 23.5 Å². The Hall–Kier alpha value is 0.520. The number of carbonyl (C=O) groups excluding carboxylic acids is 1. The van der Waals surface area contributed by atoms with Crippen LogP contribution in [0.2, 0.25) is 0 Å². The molecule has 0 aromatic carbocycles. The van der Waals surface area contributed by atoms with Crippen LogP contribution in [0.3, 0.4) is 0 Å². The number of methoxy groups -OCH3 is 1. The summed E-state index contributed by atoms with van der Waals surface area (Å²) < 4.78 is 4.98. The molecule has 0 bridgehead atoms. The van der Waals surface area contributed by atoms with Crippen LogP contribution in [0.25, 0.3) is 0 Å². The van der Waals surface area contributed by atoms with Gasteiger partial charge in [-0.3, -0.25) is 4.79 Å². The van der Waals surface area contributed by atoms with Crippen LogP contribution in [0.4, 0.5) is 0 Å². The van der Waals surface area contributed by atoms with Crippen LogP contribution in [-0.2, 0) is 9.53 Å². The standard InChI is InChI=1S/C12H24O2S3/c1-14-11(13)7-5-6-8-12(16-3,17-4)9-10-15-2/h5-10H2,1-4H3. The Kier molecular flexibility index (Phi) is 10.8. The molecule has 0 N–H and O–H groups in total. The summed E-state index contributed by atoms with van der Waals surface area (Å²) in [6, 6.07) is 0. The summed E-state index contributed by atoms with van der Waals surface area (Å²) in [6.45, 7) is 0. The highest BCUT2D eigenvalue weighted by Gasteiger charge is 2.26. The van der Waals surface area contributed by atoms with Crippen molar-refractivity contribution in [2.75, 3.05) is 31.6 Å². The van der Waals surface area contributed by atoms with E-state index in [1.807, 2.05) is 35.3 Å². The van der Waals surface area contributed by atoms with E-state index in [1.165, 1.54) is 25.7 Å². The Balaban J connectivity index is 3.95. The molecule has 2 nitrogen and oxygen atoms in total. The fraction of sp³-hybridized carbons (Fsp3) is 0.917. The van der Waals surface area contributed by atoms with E-state index in [9.17, 15) is 4.79 Å². The average Bonchev–Trinajstić information content (AvgIpc) is 2.38. The lowest BCUT2D eigenvalue weighted by Gasteiger charge is -2.30. The Bertz CT molecular complexity index is 206. The number of hydrogen-bond acceptors (Lipinski definition) is 5. The van der Waals surface area contributed by atoms with Gasteiger partial charge in [0, 0.05) is 6.42 Å². The second kappa shape index (κ2) is 10.4. The van der Waals surface area contributed by atoms with Crippen molar-refractivity contribution in [3.05, 3.63) is 0 Å². The Labute approximate surface area is 118 Å². The maximum atomic E-state index is 11.0. The molecule has 0 saturated heterocycles. The molecule has 17 heavy (non-hydrogen) atoms. The van der Waals surface area contributed by atoms with Crippen molar-refractivity contribution >= 4 is 41.3 Å². The second-order valence-electron chi connectivity index (χ2n) is 3.84. The minimum atomic E-state index is -0.0898. The number of carbonyl (C=O) groups is 1. The molecule has 5 heteroatoms. The molecule has 0 amide bonds. The summed E-state index contributed by atoms with van der Waals surface area (Å²) in [5.74, 6) is 1.12. The Morgan fingerprint density at radius 1 is 1.12 bits per heavy atom. The summed E-state index contributed by atoms with van der Waals surface area (Å²) in [7, 11) is 1.45. The minimum Gasteiger partial charge on any atom is -0.469 e. The van der Waals surface area contributed by atoms with Crippen LogP contribution in [-0.4, -0.2) is 41.7 Å². The second-order valence-corrected chi connectivity index (χ2v) is 7.47. The summed E-state index contributed by atoms with van der Waals surface area (Å²) in [5, 5.41) is 0. The van der Waals surface area contributed by atoms with E-state index >= 15 is 0 Å². The van der Waals surface area contributed by atoms with Crippen molar-refractivity contribution in [1.82, 2.24) is 0 Å². The molecule has 0 spiro atoms. The fourth-order valence-corrected chi connectivity index (χ4v) is 4.43. The Morgan fingerprint density at radius 2 is 1.76 bits per heavy atom. The van der Waals surface area contributed by atoms with Crippen molar-refractivity contribution in [3.63, 3.8) is 0 Å². The van der Waals surface area contributed by atoms with Gasteiger partial charge in [-0.15, -0.1) is 23.5 Å². The zero-order valence-corrected chi connectivity index (χ0v) is 13.7. The highest BCUT2D eigenvalue weighted by atomic mass is 32.2. The molecule has 0 atom stereocenters. The number of hydrogen-bond donors (Lipinski definition) is 0. The molecular weight excluding hydrogens is 272 g/mol. The first kappa shape index (κ1) is 17.5. The SMILES string of the molecule is COC(=O)CCCCC(CCSC)(SC)SC. The average molecular weight is 297 g/mol. The molecule has 0 rings (SSSR count). The quantitative estimate of drug-likeness (QED) is 0.346. The molecule has 0 heterocycles. The van der Waals surface area contributed by atoms with Gasteiger partial charge >= 0.3 is 5.97 Å². The van der Waals surface area contributed by atoms with Gasteiger partial charge in [0.15, 0.2) is 0 Å². The number of thioether (sulfide) groups is 3. The van der Waals surface area contributed by atoms with Crippen molar-refractivity contribution in [1.29, 1.82) is 0 Å². The number of rotatable bonds is 10. The fourth-order valence-electron chi connectivity index (χ4n) is 1.64. The van der Waals surface area contributed by atoms with Crippen LogP contribution in [0.15, 0.2) is 0 Å².